The van der Waals surface area contributed by atoms with Gasteiger partial charge in [0.1, 0.15) is 11.6 Å². The smallest absolute Gasteiger partial charge is 0.259 e. The van der Waals surface area contributed by atoms with Gasteiger partial charge in [-0.3, -0.25) is 4.79 Å². The van der Waals surface area contributed by atoms with Gasteiger partial charge in [-0.2, -0.15) is 0 Å². The first-order valence-corrected chi connectivity index (χ1v) is 15.0. The lowest BCUT2D eigenvalue weighted by atomic mass is 9.72. The lowest BCUT2D eigenvalue weighted by Gasteiger charge is -2.33. The first kappa shape index (κ1) is 28.9. The number of rotatable bonds is 8. The molecule has 5 rings (SSSR count). The van der Waals surface area contributed by atoms with E-state index in [1.807, 2.05) is 60.7 Å². The van der Waals surface area contributed by atoms with E-state index in [-0.39, 0.29) is 11.3 Å². The Kier molecular flexibility index (Phi) is 8.81. The Morgan fingerprint density at radius 3 is 2.54 bits per heavy atom. The Hall–Kier alpha value is -3.61. The van der Waals surface area contributed by atoms with Crippen LogP contribution < -0.4 is 14.8 Å². The lowest BCUT2D eigenvalue weighted by Crippen LogP contribution is -2.27. The van der Waals surface area contributed by atoms with Crippen molar-refractivity contribution in [1.29, 1.82) is 0 Å². The lowest BCUT2D eigenvalue weighted by molar-refractivity contribution is 0.102. The molecule has 0 fully saturated rings. The van der Waals surface area contributed by atoms with E-state index >= 15 is 0 Å². The molecular formula is C34H35ClN2O3S. The highest BCUT2D eigenvalue weighted by Gasteiger charge is 2.33. The molecule has 0 radical (unpaired) electrons. The molecule has 4 aromatic rings. The van der Waals surface area contributed by atoms with E-state index < -0.39 is 0 Å². The maximum atomic E-state index is 13.6. The predicted molar refractivity (Wildman–Crippen MR) is 170 cm³/mol. The fourth-order valence-corrected chi connectivity index (χ4v) is 6.51. The fraction of sp³-hybridized carbons (Fsp3) is 0.294. The minimum Gasteiger partial charge on any atom is -0.493 e. The molecule has 0 spiro atoms. The van der Waals surface area contributed by atoms with Crippen molar-refractivity contribution in [2.24, 2.45) is 16.3 Å². The van der Waals surface area contributed by atoms with E-state index in [2.05, 4.69) is 26.1 Å². The largest absolute Gasteiger partial charge is 0.493 e. The van der Waals surface area contributed by atoms with Crippen molar-refractivity contribution in [1.82, 2.24) is 0 Å². The second-order valence-corrected chi connectivity index (χ2v) is 12.9. The molecule has 0 bridgehead atoms. The van der Waals surface area contributed by atoms with Gasteiger partial charge in [-0.15, -0.1) is 11.3 Å². The van der Waals surface area contributed by atoms with Gasteiger partial charge in [0.05, 0.1) is 12.7 Å². The van der Waals surface area contributed by atoms with Crippen LogP contribution >= 0.6 is 22.9 Å². The standard InChI is InChI=1S/C34H35ClN2O3S/c1-34(2,3)24-11-16-27-30(19-24)41-33(31(27)32(38)37-26-14-12-25(35)13-15-26)36-20-23-10-17-28(29(18-23)39-4)40-21-22-8-6-5-7-9-22/h5-10,12-15,17-18,20,24H,11,16,19,21H2,1-4H3,(H,37,38)/t24-/m1/s1. The number of fused-ring (bicyclic) bond motifs is 1. The molecule has 1 aliphatic rings. The minimum absolute atomic E-state index is 0.145. The van der Waals surface area contributed by atoms with Crippen molar-refractivity contribution < 1.29 is 14.3 Å². The zero-order chi connectivity index (χ0) is 29.0. The molecule has 0 saturated carbocycles. The number of aliphatic imine (C=N–C) groups is 1. The van der Waals surface area contributed by atoms with Gasteiger partial charge < -0.3 is 14.8 Å². The number of anilines is 1. The summed E-state index contributed by atoms with van der Waals surface area (Å²) in [7, 11) is 1.63. The van der Waals surface area contributed by atoms with Crippen LogP contribution in [0.4, 0.5) is 10.7 Å². The van der Waals surface area contributed by atoms with E-state index in [1.54, 1.807) is 36.8 Å². The molecule has 0 saturated heterocycles. The van der Waals surface area contributed by atoms with Gasteiger partial charge in [0.2, 0.25) is 0 Å². The molecule has 3 aromatic carbocycles. The third-order valence-corrected chi connectivity index (χ3v) is 8.97. The average molecular weight is 587 g/mol. The summed E-state index contributed by atoms with van der Waals surface area (Å²) in [5.41, 5.74) is 4.64. The third kappa shape index (κ3) is 7.00. The number of halogens is 1. The highest BCUT2D eigenvalue weighted by atomic mass is 35.5. The Morgan fingerprint density at radius 1 is 1.07 bits per heavy atom. The van der Waals surface area contributed by atoms with Gasteiger partial charge >= 0.3 is 0 Å². The van der Waals surface area contributed by atoms with E-state index in [4.69, 9.17) is 26.1 Å². The molecular weight excluding hydrogens is 552 g/mol. The number of nitrogens with zero attached hydrogens (tertiary/aromatic N) is 1. The third-order valence-electron chi connectivity index (χ3n) is 7.56. The van der Waals surface area contributed by atoms with Gasteiger partial charge in [-0.1, -0.05) is 62.7 Å². The van der Waals surface area contributed by atoms with Gasteiger partial charge in [0.15, 0.2) is 11.5 Å². The second kappa shape index (κ2) is 12.5. The summed E-state index contributed by atoms with van der Waals surface area (Å²) in [4.78, 5) is 19.7. The zero-order valence-electron chi connectivity index (χ0n) is 23.9. The quantitative estimate of drug-likeness (QED) is 0.209. The van der Waals surface area contributed by atoms with Gasteiger partial charge in [0, 0.05) is 21.8 Å². The van der Waals surface area contributed by atoms with E-state index in [0.717, 1.165) is 41.0 Å². The van der Waals surface area contributed by atoms with Crippen LogP contribution in [-0.4, -0.2) is 19.2 Å². The number of nitrogens with one attached hydrogen (secondary N) is 1. The number of hydrogen-bond acceptors (Lipinski definition) is 5. The van der Waals surface area contributed by atoms with Crippen molar-refractivity contribution in [2.45, 2.75) is 46.6 Å². The van der Waals surface area contributed by atoms with Gasteiger partial charge in [-0.25, -0.2) is 4.99 Å². The Bertz CT molecular complexity index is 1540. The Labute approximate surface area is 251 Å². The molecule has 0 aliphatic heterocycles. The molecule has 1 aromatic heterocycles. The minimum atomic E-state index is -0.145. The number of thiophene rings is 1. The molecule has 7 heteroatoms. The van der Waals surface area contributed by atoms with Crippen molar-refractivity contribution in [3.8, 4) is 11.5 Å². The molecule has 1 amide bonds. The average Bonchev–Trinajstić information content (AvgIpc) is 3.34. The normalized spacial score (nSPS) is 15.0. The molecule has 1 heterocycles. The summed E-state index contributed by atoms with van der Waals surface area (Å²) < 4.78 is 11.6. The molecule has 5 nitrogen and oxygen atoms in total. The molecule has 41 heavy (non-hydrogen) atoms. The first-order chi connectivity index (χ1) is 19.7. The predicted octanol–water partition coefficient (Wildman–Crippen LogP) is 9.14. The zero-order valence-corrected chi connectivity index (χ0v) is 25.4. The van der Waals surface area contributed by atoms with E-state index in [9.17, 15) is 4.79 Å². The van der Waals surface area contributed by atoms with Crippen molar-refractivity contribution in [3.05, 3.63) is 105 Å². The topological polar surface area (TPSA) is 59.9 Å². The number of methoxy groups -OCH3 is 1. The highest BCUT2D eigenvalue weighted by molar-refractivity contribution is 7.16. The van der Waals surface area contributed by atoms with Gasteiger partial charge in [0.25, 0.3) is 5.91 Å². The van der Waals surface area contributed by atoms with Crippen LogP contribution in [0.1, 0.15) is 59.1 Å². The Morgan fingerprint density at radius 2 is 1.83 bits per heavy atom. The SMILES string of the molecule is COc1cc(C=Nc2sc3c(c2C(=O)Nc2ccc(Cl)cc2)CC[C@@H](C(C)(C)C)C3)ccc1OCc1ccccc1. The van der Waals surface area contributed by atoms with Crippen LogP contribution in [0.15, 0.2) is 77.8 Å². The van der Waals surface area contributed by atoms with E-state index in [0.29, 0.717) is 40.3 Å². The number of benzene rings is 3. The number of carbonyl (C=O) groups excluding carboxylic acids is 1. The summed E-state index contributed by atoms with van der Waals surface area (Å²) in [6.45, 7) is 7.34. The number of ether oxygens (including phenoxy) is 2. The van der Waals surface area contributed by atoms with E-state index in [1.165, 1.54) is 4.88 Å². The summed E-state index contributed by atoms with van der Waals surface area (Å²) in [6.07, 6.45) is 4.68. The van der Waals surface area contributed by atoms with Crippen LogP contribution in [0.2, 0.25) is 5.02 Å². The first-order valence-electron chi connectivity index (χ1n) is 13.8. The maximum Gasteiger partial charge on any atom is 0.259 e. The molecule has 1 aliphatic carbocycles. The monoisotopic (exact) mass is 586 g/mol. The van der Waals surface area contributed by atoms with Crippen molar-refractivity contribution in [3.63, 3.8) is 0 Å². The van der Waals surface area contributed by atoms with Crippen LogP contribution in [0.3, 0.4) is 0 Å². The molecule has 1 N–H and O–H groups in total. The molecule has 212 valence electrons. The van der Waals surface area contributed by atoms with Crippen LogP contribution in [0, 0.1) is 11.3 Å². The Balaban J connectivity index is 1.42. The fourth-order valence-electron chi connectivity index (χ4n) is 5.11. The number of carbonyl (C=O) groups is 1. The summed E-state index contributed by atoms with van der Waals surface area (Å²) in [5, 5.41) is 4.40. The number of hydrogen-bond donors (Lipinski definition) is 1. The van der Waals surface area contributed by atoms with Crippen molar-refractivity contribution >= 4 is 45.7 Å². The van der Waals surface area contributed by atoms with Crippen molar-refractivity contribution in [2.75, 3.05) is 12.4 Å². The molecule has 1 atom stereocenters. The van der Waals surface area contributed by atoms with Crippen LogP contribution in [0.5, 0.6) is 11.5 Å². The van der Waals surface area contributed by atoms with Crippen LogP contribution in [-0.2, 0) is 19.4 Å². The maximum absolute atomic E-state index is 13.6. The number of amides is 1. The second-order valence-electron chi connectivity index (χ2n) is 11.4. The summed E-state index contributed by atoms with van der Waals surface area (Å²) >= 11 is 7.67. The summed E-state index contributed by atoms with van der Waals surface area (Å²) in [5.74, 6) is 1.71. The highest BCUT2D eigenvalue weighted by Crippen LogP contribution is 2.45. The van der Waals surface area contributed by atoms with Crippen LogP contribution in [0.25, 0.3) is 0 Å². The molecule has 0 unspecified atom stereocenters. The van der Waals surface area contributed by atoms with Gasteiger partial charge in [-0.05, 0) is 89.8 Å². The summed E-state index contributed by atoms with van der Waals surface area (Å²) in [6, 6.07) is 22.9.